The van der Waals surface area contributed by atoms with Crippen molar-refractivity contribution < 1.29 is 101 Å². The van der Waals surface area contributed by atoms with E-state index in [-0.39, 0.29) is 20.1 Å². The molecule has 0 fully saturated rings. The molecule has 167 valence electrons. The van der Waals surface area contributed by atoms with Crippen molar-refractivity contribution in [3.8, 4) is 0 Å². The smallest absolute Gasteiger partial charge is 0.547 e. The number of rotatable bonds is 10. The minimum absolute atomic E-state index is 0. The predicted octanol–water partition coefficient (Wildman–Crippen LogP) is -12.1. The minimum atomic E-state index is -2.50. The van der Waals surface area contributed by atoms with E-state index in [2.05, 4.69) is 0 Å². The maximum absolute atomic E-state index is 9.96. The van der Waals surface area contributed by atoms with Crippen molar-refractivity contribution in [2.75, 3.05) is 0 Å². The zero-order valence-electron chi connectivity index (χ0n) is 13.8. The van der Waals surface area contributed by atoms with Crippen LogP contribution in [0.3, 0.4) is 0 Å². The maximum atomic E-state index is 9.96. The van der Waals surface area contributed by atoms with E-state index in [0.717, 1.165) is 0 Å². The van der Waals surface area contributed by atoms with Crippen molar-refractivity contribution in [1.82, 2.24) is 0 Å². The quantitative estimate of drug-likeness (QED) is 0.134. The molecular formula is C12H16O16Tc. The van der Waals surface area contributed by atoms with Crippen molar-refractivity contribution in [2.45, 2.75) is 48.8 Å². The molecule has 0 unspecified atom stereocenters. The van der Waals surface area contributed by atoms with Crippen LogP contribution in [0.4, 0.5) is 0 Å². The number of hydrogen-bond donors (Lipinski definition) is 8. The monoisotopic (exact) mass is 515 g/mol. The zero-order valence-corrected chi connectivity index (χ0v) is 15.7. The van der Waals surface area contributed by atoms with E-state index >= 15 is 0 Å². The first-order chi connectivity index (χ1) is 12.6. The molecule has 0 amide bonds. The summed E-state index contributed by atoms with van der Waals surface area (Å²) >= 11 is 0. The Hall–Kier alpha value is -1.79. The molecule has 8 N–H and O–H groups in total. The molecule has 0 aliphatic rings. The number of carbonyl (C=O) groups excluding carboxylic acids is 4. The standard InChI is InChI=1S/2C6H10O8.Tc/c2*7-1(3(9)5(11)12)2(8)4(10)6(13)14;/h2*1-4,7-10H,(H,11,12)(H,13,14);/q;;+4/p-4/t2*1-,2-,3-,4+;/m00./s1/i;;1+1. The first-order valence-corrected chi connectivity index (χ1v) is 6.85. The fourth-order valence-electron chi connectivity index (χ4n) is 1.30. The van der Waals surface area contributed by atoms with Gasteiger partial charge in [0.25, 0.3) is 0 Å². The van der Waals surface area contributed by atoms with Crippen LogP contribution in [0.15, 0.2) is 0 Å². The summed E-state index contributed by atoms with van der Waals surface area (Å²) in [4.78, 5) is 39.8. The van der Waals surface area contributed by atoms with Crippen molar-refractivity contribution >= 4 is 23.9 Å². The zero-order chi connectivity index (χ0) is 22.9. The van der Waals surface area contributed by atoms with Crippen LogP contribution >= 0.6 is 0 Å². The van der Waals surface area contributed by atoms with Crippen LogP contribution in [-0.2, 0) is 39.3 Å². The molecule has 0 spiro atoms. The van der Waals surface area contributed by atoms with Gasteiger partial charge in [-0.25, -0.2) is 0 Å². The summed E-state index contributed by atoms with van der Waals surface area (Å²) in [5.41, 5.74) is 0. The Morgan fingerprint density at radius 2 is 0.517 bits per heavy atom. The van der Waals surface area contributed by atoms with E-state index in [1.165, 1.54) is 0 Å². The number of carboxylic acids is 4. The van der Waals surface area contributed by atoms with E-state index in [0.29, 0.717) is 0 Å². The van der Waals surface area contributed by atoms with Crippen molar-refractivity contribution in [1.29, 1.82) is 0 Å². The summed E-state index contributed by atoms with van der Waals surface area (Å²) in [5, 5.41) is 109. The molecule has 8 atom stereocenters. The third-order valence-electron chi connectivity index (χ3n) is 2.96. The number of hydrogen-bond acceptors (Lipinski definition) is 16. The van der Waals surface area contributed by atoms with E-state index in [9.17, 15) is 39.6 Å². The van der Waals surface area contributed by atoms with Crippen LogP contribution in [0.1, 0.15) is 0 Å². The van der Waals surface area contributed by atoms with Crippen LogP contribution in [0.5, 0.6) is 0 Å². The third-order valence-corrected chi connectivity index (χ3v) is 2.96. The molecule has 1 radical (unpaired) electrons. The number of aliphatic carboxylic acids is 4. The van der Waals surface area contributed by atoms with Gasteiger partial charge in [0.15, 0.2) is 0 Å². The van der Waals surface area contributed by atoms with Crippen LogP contribution < -0.4 is 20.4 Å². The second-order valence-corrected chi connectivity index (χ2v) is 5.02. The van der Waals surface area contributed by atoms with Gasteiger partial charge in [0, 0.05) is 0 Å². The second kappa shape index (κ2) is 14.2. The van der Waals surface area contributed by atoms with Gasteiger partial charge in [-0.1, -0.05) is 0 Å². The summed E-state index contributed by atoms with van der Waals surface area (Å²) in [7, 11) is 0. The normalized spacial score (nSPS) is 18.8. The van der Waals surface area contributed by atoms with Gasteiger partial charge in [-0.15, -0.1) is 0 Å². The Morgan fingerprint density at radius 1 is 0.414 bits per heavy atom. The van der Waals surface area contributed by atoms with Gasteiger partial charge >= 0.3 is 20.1 Å². The van der Waals surface area contributed by atoms with Crippen molar-refractivity contribution in [3.63, 3.8) is 0 Å². The summed E-state index contributed by atoms with van der Waals surface area (Å²) in [5.74, 6) is -8.44. The first-order valence-electron chi connectivity index (χ1n) is 6.85. The summed E-state index contributed by atoms with van der Waals surface area (Å²) in [6, 6.07) is 0. The fraction of sp³-hybridized carbons (Fsp3) is 0.667. The Balaban J connectivity index is -0.000000451. The Labute approximate surface area is 173 Å². The van der Waals surface area contributed by atoms with Crippen LogP contribution in [0, 0.1) is 0 Å². The molecular weight excluding hydrogens is 499 g/mol. The van der Waals surface area contributed by atoms with Crippen LogP contribution in [-0.4, -0.2) is 114 Å². The van der Waals surface area contributed by atoms with E-state index in [4.69, 9.17) is 40.9 Å². The van der Waals surface area contributed by atoms with Gasteiger partial charge < -0.3 is 80.5 Å². The van der Waals surface area contributed by atoms with E-state index in [1.54, 1.807) is 0 Å². The summed E-state index contributed by atoms with van der Waals surface area (Å²) < 4.78 is 0. The van der Waals surface area contributed by atoms with Crippen LogP contribution in [0.2, 0.25) is 0 Å². The molecule has 16 nitrogen and oxygen atoms in total. The van der Waals surface area contributed by atoms with Gasteiger partial charge in [0.1, 0.15) is 48.8 Å². The molecule has 0 heterocycles. The molecule has 0 saturated heterocycles. The van der Waals surface area contributed by atoms with Crippen molar-refractivity contribution in [2.24, 2.45) is 0 Å². The van der Waals surface area contributed by atoms with Gasteiger partial charge in [-0.05, 0) is 0 Å². The van der Waals surface area contributed by atoms with Crippen LogP contribution in [0.25, 0.3) is 0 Å². The SMILES string of the molecule is O=C([O-])[C@@H](O)[C@@H](O)[C@H](O)[C@@H](O)C(=O)[O-].O=C([O-])[C@@H](O)[C@@H](O)[C@H](O)[C@@H](O)C(=O)[O-].[99Tc+4]. The molecule has 0 aliphatic carbocycles. The Bertz CT molecular complexity index is 458. The topological polar surface area (TPSA) is 322 Å². The van der Waals surface area contributed by atoms with Gasteiger partial charge in [-0.3, -0.25) is 0 Å². The minimum Gasteiger partial charge on any atom is -0.547 e. The fourth-order valence-corrected chi connectivity index (χ4v) is 1.30. The summed E-state index contributed by atoms with van der Waals surface area (Å²) in [6.45, 7) is 0. The number of aliphatic hydroxyl groups is 8. The molecule has 0 aliphatic heterocycles. The molecule has 0 saturated carbocycles. The number of carboxylic acid groups (broad SMARTS) is 4. The van der Waals surface area contributed by atoms with Gasteiger partial charge in [-0.2, -0.15) is 0 Å². The van der Waals surface area contributed by atoms with E-state index in [1.807, 2.05) is 0 Å². The van der Waals surface area contributed by atoms with Gasteiger partial charge in [0.2, 0.25) is 0 Å². The molecule has 0 rings (SSSR count). The maximum Gasteiger partial charge on any atom is 4.00 e. The van der Waals surface area contributed by atoms with E-state index < -0.39 is 72.7 Å². The molecule has 0 aromatic heterocycles. The van der Waals surface area contributed by atoms with Gasteiger partial charge in [0.05, 0.1) is 23.9 Å². The molecule has 29 heavy (non-hydrogen) atoms. The Morgan fingerprint density at radius 3 is 0.586 bits per heavy atom. The first kappa shape index (κ1) is 31.9. The molecule has 0 bridgehead atoms. The Kier molecular flexibility index (Phi) is 15.7. The molecule has 0 aromatic carbocycles. The predicted molar refractivity (Wildman–Crippen MR) is 68.1 cm³/mol. The third kappa shape index (κ3) is 10.5. The molecule has 0 aromatic rings. The average Bonchev–Trinajstić information content (AvgIpc) is 2.62. The second-order valence-electron chi connectivity index (χ2n) is 5.02. The average molecular weight is 515 g/mol. The summed E-state index contributed by atoms with van der Waals surface area (Å²) in [6.07, 6.45) is -19.5. The number of carbonyl (C=O) groups is 4. The largest absolute Gasteiger partial charge is 4.00 e. The number of aliphatic hydroxyl groups excluding tert-OH is 8. The van der Waals surface area contributed by atoms with Crippen molar-refractivity contribution in [3.05, 3.63) is 0 Å². The molecule has 17 heteroatoms.